The summed E-state index contributed by atoms with van der Waals surface area (Å²) < 4.78 is 37.9. The molecule has 2 saturated heterocycles. The van der Waals surface area contributed by atoms with Crippen LogP contribution in [-0.2, 0) is 6.18 Å². The van der Waals surface area contributed by atoms with Gasteiger partial charge in [-0.05, 0) is 43.2 Å². The summed E-state index contributed by atoms with van der Waals surface area (Å²) in [6, 6.07) is 2.57. The summed E-state index contributed by atoms with van der Waals surface area (Å²) in [5, 5.41) is 3.12. The lowest BCUT2D eigenvalue weighted by Gasteiger charge is -2.38. The molecule has 2 fully saturated rings. The molecule has 0 radical (unpaired) electrons. The first-order chi connectivity index (χ1) is 12.7. The zero-order valence-electron chi connectivity index (χ0n) is 15.8. The summed E-state index contributed by atoms with van der Waals surface area (Å²) >= 11 is 0. The second kappa shape index (κ2) is 7.94. The molecule has 8 heteroatoms. The number of likely N-dealkylation sites (tertiary alicyclic amines) is 1. The average molecular weight is 384 g/mol. The fourth-order valence-electron chi connectivity index (χ4n) is 4.09. The first kappa shape index (κ1) is 19.8. The Morgan fingerprint density at radius 3 is 2.30 bits per heavy atom. The molecule has 2 aliphatic rings. The number of carbonyl (C=O) groups is 1. The van der Waals surface area contributed by atoms with Crippen LogP contribution in [0.4, 0.5) is 23.8 Å². The quantitative estimate of drug-likeness (QED) is 0.845. The molecule has 5 nitrogen and oxygen atoms in total. The van der Waals surface area contributed by atoms with E-state index in [0.29, 0.717) is 30.7 Å². The predicted molar refractivity (Wildman–Crippen MR) is 97.5 cm³/mol. The molecule has 0 aromatic carbocycles. The molecule has 150 valence electrons. The number of hydrogen-bond donors (Lipinski definition) is 1. The maximum absolute atomic E-state index is 12.6. The van der Waals surface area contributed by atoms with Gasteiger partial charge in [0.1, 0.15) is 5.82 Å². The highest BCUT2D eigenvalue weighted by Crippen LogP contribution is 2.30. The number of alkyl halides is 3. The van der Waals surface area contributed by atoms with E-state index in [1.54, 1.807) is 0 Å². The van der Waals surface area contributed by atoms with Crippen molar-refractivity contribution in [1.29, 1.82) is 0 Å². The predicted octanol–water partition coefficient (Wildman–Crippen LogP) is 3.76. The molecule has 1 N–H and O–H groups in total. The van der Waals surface area contributed by atoms with E-state index in [9.17, 15) is 18.0 Å². The number of nitrogens with zero attached hydrogens (tertiary/aromatic N) is 3. The topological polar surface area (TPSA) is 48.5 Å². The van der Waals surface area contributed by atoms with E-state index in [2.05, 4.69) is 24.1 Å². The minimum Gasteiger partial charge on any atom is -0.356 e. The van der Waals surface area contributed by atoms with Gasteiger partial charge in [-0.25, -0.2) is 9.78 Å². The molecule has 3 rings (SSSR count). The zero-order valence-corrected chi connectivity index (χ0v) is 15.8. The number of amides is 2. The Balaban J connectivity index is 1.49. The van der Waals surface area contributed by atoms with Gasteiger partial charge in [-0.15, -0.1) is 0 Å². The molecular formula is C19H27F3N4O. The van der Waals surface area contributed by atoms with Crippen LogP contribution in [0.15, 0.2) is 18.3 Å². The Morgan fingerprint density at radius 1 is 1.15 bits per heavy atom. The molecule has 0 saturated carbocycles. The summed E-state index contributed by atoms with van der Waals surface area (Å²) in [6.45, 7) is 7.26. The van der Waals surface area contributed by atoms with Gasteiger partial charge in [-0.3, -0.25) is 0 Å². The summed E-state index contributed by atoms with van der Waals surface area (Å²) in [6.07, 6.45) is -0.822. The maximum Gasteiger partial charge on any atom is 0.417 e. The lowest BCUT2D eigenvalue weighted by molar-refractivity contribution is -0.137. The van der Waals surface area contributed by atoms with Crippen LogP contribution in [-0.4, -0.2) is 48.1 Å². The van der Waals surface area contributed by atoms with Crippen LogP contribution in [0.25, 0.3) is 0 Å². The van der Waals surface area contributed by atoms with Crippen molar-refractivity contribution in [2.45, 2.75) is 45.3 Å². The number of nitrogens with one attached hydrogen (secondary N) is 1. The van der Waals surface area contributed by atoms with Crippen LogP contribution in [0.1, 0.15) is 38.7 Å². The van der Waals surface area contributed by atoms with Crippen LogP contribution in [0.2, 0.25) is 0 Å². The minimum absolute atomic E-state index is 0.000458. The zero-order chi connectivity index (χ0) is 19.6. The third-order valence-corrected chi connectivity index (χ3v) is 5.38. The van der Waals surface area contributed by atoms with Gasteiger partial charge in [0.2, 0.25) is 0 Å². The van der Waals surface area contributed by atoms with Crippen molar-refractivity contribution < 1.29 is 18.0 Å². The standard InChI is InChI=1S/C19H27F3N4O/c1-13-9-14(2)12-26(11-13)18(27)24-16-5-7-25(8-6-16)17-4-3-15(10-23-17)19(20,21)22/h3-4,10,13-14,16H,5-9,11-12H2,1-2H3,(H,24,27). The highest BCUT2D eigenvalue weighted by Gasteiger charge is 2.31. The Labute approximate surface area is 157 Å². The Kier molecular flexibility index (Phi) is 5.81. The van der Waals surface area contributed by atoms with Crippen LogP contribution >= 0.6 is 0 Å². The van der Waals surface area contributed by atoms with E-state index in [-0.39, 0.29) is 12.1 Å². The fourth-order valence-corrected chi connectivity index (χ4v) is 4.09. The van der Waals surface area contributed by atoms with Gasteiger partial charge in [-0.2, -0.15) is 13.2 Å². The smallest absolute Gasteiger partial charge is 0.356 e. The monoisotopic (exact) mass is 384 g/mol. The van der Waals surface area contributed by atoms with Crippen molar-refractivity contribution >= 4 is 11.8 Å². The molecule has 2 atom stereocenters. The number of piperidine rings is 2. The Morgan fingerprint density at radius 2 is 1.78 bits per heavy atom. The SMILES string of the molecule is CC1CC(C)CN(C(=O)NC2CCN(c3ccc(C(F)(F)F)cn3)CC2)C1. The van der Waals surface area contributed by atoms with Gasteiger partial charge in [0.05, 0.1) is 5.56 Å². The second-order valence-electron chi connectivity index (χ2n) is 7.96. The van der Waals surface area contributed by atoms with Crippen LogP contribution in [0, 0.1) is 11.8 Å². The third kappa shape index (κ3) is 5.05. The highest BCUT2D eigenvalue weighted by molar-refractivity contribution is 5.74. The molecular weight excluding hydrogens is 357 g/mol. The van der Waals surface area contributed by atoms with E-state index in [4.69, 9.17) is 0 Å². The molecule has 27 heavy (non-hydrogen) atoms. The highest BCUT2D eigenvalue weighted by atomic mass is 19.4. The molecule has 3 heterocycles. The summed E-state index contributed by atoms with van der Waals surface area (Å²) in [7, 11) is 0. The van der Waals surface area contributed by atoms with Gasteiger partial charge >= 0.3 is 12.2 Å². The van der Waals surface area contributed by atoms with Gasteiger partial charge in [0.25, 0.3) is 0 Å². The second-order valence-corrected chi connectivity index (χ2v) is 7.96. The normalized spacial score (nSPS) is 24.8. The van der Waals surface area contributed by atoms with Crippen LogP contribution in [0.3, 0.4) is 0 Å². The fraction of sp³-hybridized carbons (Fsp3) is 0.684. The summed E-state index contributed by atoms with van der Waals surface area (Å²) in [5.41, 5.74) is -0.738. The van der Waals surface area contributed by atoms with Crippen molar-refractivity contribution in [2.24, 2.45) is 11.8 Å². The van der Waals surface area contributed by atoms with E-state index in [0.717, 1.165) is 44.6 Å². The Bertz CT molecular complexity index is 631. The Hall–Kier alpha value is -1.99. The van der Waals surface area contributed by atoms with Gasteiger partial charge in [0.15, 0.2) is 0 Å². The van der Waals surface area contributed by atoms with Crippen molar-refractivity contribution in [3.63, 3.8) is 0 Å². The van der Waals surface area contributed by atoms with Crippen molar-refractivity contribution in [3.05, 3.63) is 23.9 Å². The van der Waals surface area contributed by atoms with Gasteiger partial charge in [0, 0.05) is 38.4 Å². The number of hydrogen-bond acceptors (Lipinski definition) is 3. The van der Waals surface area contributed by atoms with Crippen molar-refractivity contribution in [1.82, 2.24) is 15.2 Å². The molecule has 2 amide bonds. The summed E-state index contributed by atoms with van der Waals surface area (Å²) in [4.78, 5) is 20.3. The number of carbonyl (C=O) groups excluding carboxylic acids is 1. The molecule has 1 aromatic rings. The molecule has 0 bridgehead atoms. The van der Waals surface area contributed by atoms with E-state index >= 15 is 0 Å². The lowest BCUT2D eigenvalue weighted by Crippen LogP contribution is -2.52. The molecule has 0 spiro atoms. The number of rotatable bonds is 2. The summed E-state index contributed by atoms with van der Waals surface area (Å²) in [5.74, 6) is 1.59. The lowest BCUT2D eigenvalue weighted by atomic mass is 9.92. The van der Waals surface area contributed by atoms with Crippen molar-refractivity contribution in [2.75, 3.05) is 31.1 Å². The average Bonchev–Trinajstić information content (AvgIpc) is 2.61. The van der Waals surface area contributed by atoms with Crippen LogP contribution < -0.4 is 10.2 Å². The molecule has 2 unspecified atom stereocenters. The van der Waals surface area contributed by atoms with Crippen molar-refractivity contribution in [3.8, 4) is 0 Å². The first-order valence-corrected chi connectivity index (χ1v) is 9.56. The number of anilines is 1. The first-order valence-electron chi connectivity index (χ1n) is 9.56. The van der Waals surface area contributed by atoms with Gasteiger partial charge < -0.3 is 15.1 Å². The maximum atomic E-state index is 12.6. The number of halogens is 3. The van der Waals surface area contributed by atoms with Gasteiger partial charge in [-0.1, -0.05) is 13.8 Å². The van der Waals surface area contributed by atoms with E-state index in [1.807, 2.05) is 9.80 Å². The van der Waals surface area contributed by atoms with E-state index in [1.165, 1.54) is 6.07 Å². The molecule has 0 aliphatic carbocycles. The third-order valence-electron chi connectivity index (χ3n) is 5.38. The molecule has 1 aromatic heterocycles. The van der Waals surface area contributed by atoms with Crippen LogP contribution in [0.5, 0.6) is 0 Å². The number of aromatic nitrogens is 1. The number of pyridine rings is 1. The van der Waals surface area contributed by atoms with E-state index < -0.39 is 11.7 Å². The molecule has 2 aliphatic heterocycles. The number of urea groups is 1. The minimum atomic E-state index is -4.37. The largest absolute Gasteiger partial charge is 0.417 e.